The maximum Gasteiger partial charge on any atom is 0.223 e. The van der Waals surface area contributed by atoms with Gasteiger partial charge in [-0.3, -0.25) is 4.79 Å². The molecule has 0 unspecified atom stereocenters. The minimum atomic E-state index is -3.72. The maximum absolute atomic E-state index is 14.0. The first-order valence-corrected chi connectivity index (χ1v) is 13.3. The molecule has 2 aliphatic rings. The van der Waals surface area contributed by atoms with Crippen LogP contribution in [0.4, 0.5) is 10.1 Å². The summed E-state index contributed by atoms with van der Waals surface area (Å²) in [7, 11) is -3.72. The van der Waals surface area contributed by atoms with Gasteiger partial charge in [0.15, 0.2) is 0 Å². The summed E-state index contributed by atoms with van der Waals surface area (Å²) in [5, 5.41) is 3.08. The summed E-state index contributed by atoms with van der Waals surface area (Å²) in [5.74, 6) is -1.41. The van der Waals surface area contributed by atoms with Crippen LogP contribution in [0.3, 0.4) is 0 Å². The predicted octanol–water partition coefficient (Wildman–Crippen LogP) is 3.94. The summed E-state index contributed by atoms with van der Waals surface area (Å²) < 4.78 is 40.9. The molecule has 6 nitrogen and oxygen atoms in total. The van der Waals surface area contributed by atoms with Gasteiger partial charge in [0.25, 0.3) is 0 Å². The van der Waals surface area contributed by atoms with E-state index < -0.39 is 21.6 Å². The van der Waals surface area contributed by atoms with Crippen molar-refractivity contribution in [2.24, 2.45) is 5.92 Å². The van der Waals surface area contributed by atoms with Crippen LogP contribution < -0.4 is 10.2 Å². The van der Waals surface area contributed by atoms with Crippen molar-refractivity contribution in [1.29, 1.82) is 0 Å². The maximum atomic E-state index is 14.0. The molecule has 1 N–H and O–H groups in total. The average molecular weight is 494 g/mol. The first-order valence-electron chi connectivity index (χ1n) is 11.4. The van der Waals surface area contributed by atoms with Gasteiger partial charge in [0.05, 0.1) is 5.75 Å². The number of piperidine rings is 1. The highest BCUT2D eigenvalue weighted by Crippen LogP contribution is 2.26. The Bertz CT molecular complexity index is 1060. The van der Waals surface area contributed by atoms with Gasteiger partial charge in [-0.2, -0.15) is 0 Å². The minimum Gasteiger partial charge on any atom is -0.372 e. The number of hydrogen-bond donors (Lipinski definition) is 1. The number of carbonyl (C=O) groups is 1. The van der Waals surface area contributed by atoms with Crippen molar-refractivity contribution < 1.29 is 17.6 Å². The fraction of sp³-hybridized carbons (Fsp3) is 0.458. The molecule has 0 bridgehead atoms. The van der Waals surface area contributed by atoms with Crippen molar-refractivity contribution in [2.45, 2.75) is 38.0 Å². The highest BCUT2D eigenvalue weighted by molar-refractivity contribution is 7.88. The van der Waals surface area contributed by atoms with Gasteiger partial charge in [0.1, 0.15) is 5.82 Å². The molecule has 2 fully saturated rings. The zero-order chi connectivity index (χ0) is 23.4. The van der Waals surface area contributed by atoms with E-state index in [1.54, 1.807) is 0 Å². The van der Waals surface area contributed by atoms with Crippen LogP contribution >= 0.6 is 11.6 Å². The molecule has 2 aliphatic heterocycles. The van der Waals surface area contributed by atoms with E-state index >= 15 is 0 Å². The first-order chi connectivity index (χ1) is 15.8. The predicted molar refractivity (Wildman–Crippen MR) is 128 cm³/mol. The third-order valence-corrected chi connectivity index (χ3v) is 8.64. The number of nitrogens with one attached hydrogen (secondary N) is 1. The van der Waals surface area contributed by atoms with Crippen LogP contribution in [0.2, 0.25) is 5.02 Å². The van der Waals surface area contributed by atoms with Gasteiger partial charge >= 0.3 is 0 Å². The quantitative estimate of drug-likeness (QED) is 0.634. The van der Waals surface area contributed by atoms with Gasteiger partial charge in [0, 0.05) is 54.9 Å². The molecular formula is C24H29ClFN3O3S. The summed E-state index contributed by atoms with van der Waals surface area (Å²) in [6, 6.07) is 12.4. The normalized spacial score (nSPS) is 17.9. The summed E-state index contributed by atoms with van der Waals surface area (Å²) >= 11 is 5.99. The lowest BCUT2D eigenvalue weighted by Gasteiger charge is -2.30. The molecule has 0 spiro atoms. The van der Waals surface area contributed by atoms with Crippen molar-refractivity contribution in [3.8, 4) is 0 Å². The second kappa shape index (κ2) is 10.4. The Morgan fingerprint density at radius 1 is 1.03 bits per heavy atom. The van der Waals surface area contributed by atoms with Gasteiger partial charge in [-0.25, -0.2) is 17.1 Å². The minimum absolute atomic E-state index is 0.0187. The lowest BCUT2D eigenvalue weighted by atomic mass is 9.97. The topological polar surface area (TPSA) is 69.7 Å². The summed E-state index contributed by atoms with van der Waals surface area (Å²) in [6.45, 7) is 3.10. The molecule has 1 amide bonds. The van der Waals surface area contributed by atoms with Crippen molar-refractivity contribution in [1.82, 2.24) is 9.62 Å². The Hall–Kier alpha value is -2.16. The molecule has 2 heterocycles. The van der Waals surface area contributed by atoms with Gasteiger partial charge in [0.2, 0.25) is 15.9 Å². The monoisotopic (exact) mass is 493 g/mol. The van der Waals surface area contributed by atoms with E-state index in [-0.39, 0.29) is 35.5 Å². The van der Waals surface area contributed by atoms with Crippen LogP contribution in [0.15, 0.2) is 42.5 Å². The number of anilines is 1. The fourth-order valence-electron chi connectivity index (χ4n) is 4.47. The standard InChI is InChI=1S/C24H29ClFN3O3S/c25-22-4-3-5-23(26)21(22)17-33(31,32)29-14-10-19(11-15-29)24(30)27-16-18-6-8-20(9-7-18)28-12-1-2-13-28/h3-9,19H,1-2,10-17H2,(H,27,30). The summed E-state index contributed by atoms with van der Waals surface area (Å²) in [5.41, 5.74) is 2.23. The molecule has 0 aliphatic carbocycles. The number of nitrogens with zero attached hydrogens (tertiary/aromatic N) is 2. The van der Waals surface area contributed by atoms with Gasteiger partial charge in [-0.15, -0.1) is 0 Å². The molecule has 33 heavy (non-hydrogen) atoms. The Morgan fingerprint density at radius 2 is 1.70 bits per heavy atom. The number of benzene rings is 2. The lowest BCUT2D eigenvalue weighted by Crippen LogP contribution is -2.43. The molecule has 2 saturated heterocycles. The van der Waals surface area contributed by atoms with E-state index in [4.69, 9.17) is 11.6 Å². The van der Waals surface area contributed by atoms with E-state index in [1.807, 2.05) is 12.1 Å². The second-order valence-corrected chi connectivity index (χ2v) is 11.1. The third kappa shape index (κ3) is 5.86. The zero-order valence-electron chi connectivity index (χ0n) is 18.5. The smallest absolute Gasteiger partial charge is 0.223 e. The number of hydrogen-bond acceptors (Lipinski definition) is 4. The molecule has 2 aromatic carbocycles. The average Bonchev–Trinajstić information content (AvgIpc) is 3.35. The molecule has 0 saturated carbocycles. The van der Waals surface area contributed by atoms with Crippen LogP contribution in [-0.2, 0) is 27.1 Å². The Morgan fingerprint density at radius 3 is 2.33 bits per heavy atom. The molecule has 4 rings (SSSR count). The van der Waals surface area contributed by atoms with Crippen LogP contribution in [0.25, 0.3) is 0 Å². The van der Waals surface area contributed by atoms with Crippen molar-refractivity contribution in [3.05, 3.63) is 64.4 Å². The SMILES string of the molecule is O=C(NCc1ccc(N2CCCC2)cc1)C1CCN(S(=O)(=O)Cc2c(F)cccc2Cl)CC1. The van der Waals surface area contributed by atoms with Crippen molar-refractivity contribution >= 4 is 33.2 Å². The van der Waals surface area contributed by atoms with E-state index in [1.165, 1.54) is 41.0 Å². The van der Waals surface area contributed by atoms with Crippen LogP contribution in [-0.4, -0.2) is 44.8 Å². The molecular weight excluding hydrogens is 465 g/mol. The number of amides is 1. The molecule has 178 valence electrons. The van der Waals surface area contributed by atoms with Crippen LogP contribution in [0, 0.1) is 11.7 Å². The van der Waals surface area contributed by atoms with Crippen LogP contribution in [0.1, 0.15) is 36.8 Å². The first kappa shape index (κ1) is 24.0. The third-order valence-electron chi connectivity index (χ3n) is 6.48. The molecule has 0 aromatic heterocycles. The van der Waals surface area contributed by atoms with Crippen molar-refractivity contribution in [2.75, 3.05) is 31.1 Å². The molecule has 2 aromatic rings. The number of carbonyl (C=O) groups excluding carboxylic acids is 1. The zero-order valence-corrected chi connectivity index (χ0v) is 20.0. The van der Waals surface area contributed by atoms with Gasteiger partial charge in [-0.1, -0.05) is 29.8 Å². The van der Waals surface area contributed by atoms with E-state index in [9.17, 15) is 17.6 Å². The lowest BCUT2D eigenvalue weighted by molar-refractivity contribution is -0.126. The molecule has 0 radical (unpaired) electrons. The molecule has 9 heteroatoms. The highest BCUT2D eigenvalue weighted by atomic mass is 35.5. The van der Waals surface area contributed by atoms with Crippen LogP contribution in [0.5, 0.6) is 0 Å². The van der Waals surface area contributed by atoms with E-state index in [0.29, 0.717) is 19.4 Å². The van der Waals surface area contributed by atoms with Crippen molar-refractivity contribution in [3.63, 3.8) is 0 Å². The van der Waals surface area contributed by atoms with Gasteiger partial charge in [-0.05, 0) is 55.5 Å². The number of rotatable bonds is 7. The largest absolute Gasteiger partial charge is 0.372 e. The number of sulfonamides is 1. The summed E-state index contributed by atoms with van der Waals surface area (Å²) in [4.78, 5) is 15.0. The summed E-state index contributed by atoms with van der Waals surface area (Å²) in [6.07, 6.45) is 3.33. The Kier molecular flexibility index (Phi) is 7.56. The van der Waals surface area contributed by atoms with E-state index in [0.717, 1.165) is 18.7 Å². The second-order valence-electron chi connectivity index (χ2n) is 8.71. The Balaban J connectivity index is 1.26. The highest BCUT2D eigenvalue weighted by Gasteiger charge is 2.32. The number of halogens is 2. The Labute approximate surface area is 199 Å². The fourth-order valence-corrected chi connectivity index (χ4v) is 6.39. The molecule has 0 atom stereocenters. The van der Waals surface area contributed by atoms with Gasteiger partial charge < -0.3 is 10.2 Å². The van der Waals surface area contributed by atoms with E-state index in [2.05, 4.69) is 22.3 Å².